The van der Waals surface area contributed by atoms with E-state index in [0.717, 1.165) is 22.5 Å². The van der Waals surface area contributed by atoms with E-state index in [0.29, 0.717) is 24.7 Å². The van der Waals surface area contributed by atoms with Gasteiger partial charge in [0.1, 0.15) is 24.7 Å². The minimum Gasteiger partial charge on any atom is -0.487 e. The molecule has 2 aromatic carbocycles. The lowest BCUT2D eigenvalue weighted by Crippen LogP contribution is -2.11. The molecular weight excluding hydrogens is 458 g/mol. The quantitative estimate of drug-likeness (QED) is 0.231. The van der Waals surface area contributed by atoms with Crippen LogP contribution in [0.4, 0.5) is 0 Å². The van der Waals surface area contributed by atoms with Gasteiger partial charge in [-0.15, -0.1) is 0 Å². The van der Waals surface area contributed by atoms with Crippen LogP contribution >= 0.6 is 0 Å². The molecule has 182 valence electrons. The number of rotatable bonds is 11. The molecule has 8 nitrogen and oxygen atoms in total. The Hall–Kier alpha value is -4.72. The molecule has 0 saturated carbocycles. The Balaban J connectivity index is 1.48. The Morgan fingerprint density at radius 1 is 0.778 bits per heavy atom. The molecule has 2 aromatic heterocycles. The van der Waals surface area contributed by atoms with Crippen LogP contribution in [0.3, 0.4) is 0 Å². The fraction of sp³-hybridized carbons (Fsp3) is 0.143. The van der Waals surface area contributed by atoms with Gasteiger partial charge in [0, 0.05) is 12.4 Å². The number of carboxylic acids is 1. The predicted octanol–water partition coefficient (Wildman–Crippen LogP) is 5.20. The topological polar surface area (TPSA) is 103 Å². The molecule has 0 amide bonds. The molecule has 0 bridgehead atoms. The fourth-order valence-electron chi connectivity index (χ4n) is 3.24. The molecule has 4 rings (SSSR count). The first-order valence-electron chi connectivity index (χ1n) is 11.3. The summed E-state index contributed by atoms with van der Waals surface area (Å²) in [6.45, 7) is 2.08. The highest BCUT2D eigenvalue weighted by Crippen LogP contribution is 2.29. The molecule has 0 aliphatic rings. The normalized spacial score (nSPS) is 11.2. The average Bonchev–Trinajstić information content (AvgIpc) is 2.93. The Bertz CT molecular complexity index is 1190. The van der Waals surface area contributed by atoms with Crippen molar-refractivity contribution in [2.75, 3.05) is 0 Å². The van der Waals surface area contributed by atoms with Gasteiger partial charge in [0.25, 0.3) is 0 Å². The first-order chi connectivity index (χ1) is 17.6. The summed E-state index contributed by atoms with van der Waals surface area (Å²) in [5, 5.41) is 13.0. The molecule has 4 aromatic rings. The summed E-state index contributed by atoms with van der Waals surface area (Å²) in [6.07, 6.45) is 2.81. The lowest BCUT2D eigenvalue weighted by Gasteiger charge is -2.17. The van der Waals surface area contributed by atoms with Crippen LogP contribution in [0, 0.1) is 0 Å². The summed E-state index contributed by atoms with van der Waals surface area (Å²) in [4.78, 5) is 25.4. The summed E-state index contributed by atoms with van der Waals surface area (Å²) in [6, 6.07) is 26.0. The van der Waals surface area contributed by atoms with Crippen LogP contribution < -0.4 is 9.47 Å². The van der Waals surface area contributed by atoms with Gasteiger partial charge in [-0.2, -0.15) is 0 Å². The molecule has 2 heterocycles. The van der Waals surface area contributed by atoms with E-state index in [4.69, 9.17) is 19.4 Å². The van der Waals surface area contributed by atoms with Gasteiger partial charge in [-0.3, -0.25) is 9.97 Å². The SMILES string of the molecule is C/C(=N\OC(c1ccc(OCc2ccccn2)cc1)c1ccc(OCc2ccccn2)cc1)C(=O)O. The van der Waals surface area contributed by atoms with E-state index >= 15 is 0 Å². The predicted molar refractivity (Wildman–Crippen MR) is 134 cm³/mol. The zero-order chi connectivity index (χ0) is 25.2. The van der Waals surface area contributed by atoms with Crippen LogP contribution in [-0.4, -0.2) is 26.8 Å². The highest BCUT2D eigenvalue weighted by atomic mass is 16.6. The third-order valence-electron chi connectivity index (χ3n) is 5.20. The van der Waals surface area contributed by atoms with Gasteiger partial charge in [0.2, 0.25) is 0 Å². The van der Waals surface area contributed by atoms with Gasteiger partial charge >= 0.3 is 5.97 Å². The number of nitrogens with zero attached hydrogens (tertiary/aromatic N) is 3. The van der Waals surface area contributed by atoms with Crippen molar-refractivity contribution in [1.29, 1.82) is 0 Å². The number of carbonyl (C=O) groups is 1. The van der Waals surface area contributed by atoms with Gasteiger partial charge < -0.3 is 19.4 Å². The van der Waals surface area contributed by atoms with Crippen molar-refractivity contribution in [1.82, 2.24) is 9.97 Å². The number of benzene rings is 2. The third kappa shape index (κ3) is 6.89. The molecule has 0 aliphatic carbocycles. The van der Waals surface area contributed by atoms with E-state index in [1.54, 1.807) is 12.4 Å². The Labute approximate surface area is 208 Å². The van der Waals surface area contributed by atoms with Crippen molar-refractivity contribution in [2.45, 2.75) is 26.2 Å². The summed E-state index contributed by atoms with van der Waals surface area (Å²) in [7, 11) is 0. The summed E-state index contributed by atoms with van der Waals surface area (Å²) >= 11 is 0. The van der Waals surface area contributed by atoms with Crippen LogP contribution in [-0.2, 0) is 22.8 Å². The number of carboxylic acid groups (broad SMARTS) is 1. The van der Waals surface area contributed by atoms with Gasteiger partial charge in [-0.05, 0) is 66.6 Å². The first kappa shape index (κ1) is 24.4. The minimum atomic E-state index is -1.15. The van der Waals surface area contributed by atoms with Gasteiger partial charge in [-0.25, -0.2) is 4.79 Å². The minimum absolute atomic E-state index is 0.148. The zero-order valence-corrected chi connectivity index (χ0v) is 19.7. The molecule has 0 spiro atoms. The van der Waals surface area contributed by atoms with E-state index < -0.39 is 12.1 Å². The van der Waals surface area contributed by atoms with Crippen molar-refractivity contribution in [3.63, 3.8) is 0 Å². The van der Waals surface area contributed by atoms with E-state index in [1.165, 1.54) is 6.92 Å². The summed E-state index contributed by atoms with van der Waals surface area (Å²) in [5.41, 5.74) is 3.07. The Morgan fingerprint density at radius 3 is 1.64 bits per heavy atom. The van der Waals surface area contributed by atoms with E-state index in [-0.39, 0.29) is 5.71 Å². The number of aromatic nitrogens is 2. The van der Waals surface area contributed by atoms with E-state index in [1.807, 2.05) is 84.9 Å². The monoisotopic (exact) mass is 483 g/mol. The summed E-state index contributed by atoms with van der Waals surface area (Å²) < 4.78 is 11.6. The molecule has 1 N–H and O–H groups in total. The highest BCUT2D eigenvalue weighted by Gasteiger charge is 2.17. The number of ether oxygens (including phenoxy) is 2. The second-order valence-electron chi connectivity index (χ2n) is 7.82. The second kappa shape index (κ2) is 12.1. The number of hydrogen-bond acceptors (Lipinski definition) is 7. The number of aliphatic carboxylic acids is 1. The number of pyridine rings is 2. The van der Waals surface area contributed by atoms with Crippen molar-refractivity contribution < 1.29 is 24.2 Å². The van der Waals surface area contributed by atoms with Crippen molar-refractivity contribution in [3.8, 4) is 11.5 Å². The first-order valence-corrected chi connectivity index (χ1v) is 11.3. The molecule has 0 saturated heterocycles. The number of oxime groups is 1. The van der Waals surface area contributed by atoms with Gasteiger partial charge in [0.15, 0.2) is 11.8 Å². The van der Waals surface area contributed by atoms with Gasteiger partial charge in [0.05, 0.1) is 11.4 Å². The maximum absolute atomic E-state index is 11.2. The van der Waals surface area contributed by atoms with Crippen LogP contribution in [0.1, 0.15) is 35.5 Å². The molecule has 36 heavy (non-hydrogen) atoms. The maximum atomic E-state index is 11.2. The highest BCUT2D eigenvalue weighted by molar-refractivity contribution is 6.34. The van der Waals surface area contributed by atoms with Crippen molar-refractivity contribution in [2.24, 2.45) is 5.16 Å². The second-order valence-corrected chi connectivity index (χ2v) is 7.82. The zero-order valence-electron chi connectivity index (χ0n) is 19.7. The molecule has 0 aliphatic heterocycles. The van der Waals surface area contributed by atoms with Crippen molar-refractivity contribution in [3.05, 3.63) is 120 Å². The Morgan fingerprint density at radius 2 is 1.25 bits per heavy atom. The molecular formula is C28H25N3O5. The standard InChI is InChI=1S/C28H25N3O5/c1-20(28(32)33)31-36-27(21-8-12-25(13-9-21)34-18-23-6-2-4-16-29-23)22-10-14-26(15-11-22)35-19-24-7-3-5-17-30-24/h2-17,27H,18-19H2,1H3,(H,32,33)/b31-20+. The fourth-order valence-corrected chi connectivity index (χ4v) is 3.24. The molecule has 0 unspecified atom stereocenters. The van der Waals surface area contributed by atoms with Crippen LogP contribution in [0.25, 0.3) is 0 Å². The van der Waals surface area contributed by atoms with Crippen molar-refractivity contribution >= 4 is 11.7 Å². The largest absolute Gasteiger partial charge is 0.487 e. The van der Waals surface area contributed by atoms with Gasteiger partial charge in [-0.1, -0.05) is 41.6 Å². The molecule has 8 heteroatoms. The molecule has 0 atom stereocenters. The van der Waals surface area contributed by atoms with Crippen LogP contribution in [0.2, 0.25) is 0 Å². The van der Waals surface area contributed by atoms with E-state index in [9.17, 15) is 4.79 Å². The lowest BCUT2D eigenvalue weighted by molar-refractivity contribution is -0.129. The van der Waals surface area contributed by atoms with Crippen LogP contribution in [0.5, 0.6) is 11.5 Å². The molecule has 0 radical (unpaired) electrons. The average molecular weight is 484 g/mol. The summed E-state index contributed by atoms with van der Waals surface area (Å²) in [5.74, 6) is 0.198. The smallest absolute Gasteiger partial charge is 0.353 e. The lowest BCUT2D eigenvalue weighted by atomic mass is 10.0. The third-order valence-corrected chi connectivity index (χ3v) is 5.20. The van der Waals surface area contributed by atoms with Crippen LogP contribution in [0.15, 0.2) is 102 Å². The number of hydrogen-bond donors (Lipinski definition) is 1. The maximum Gasteiger partial charge on any atom is 0.353 e. The molecule has 0 fully saturated rings. The van der Waals surface area contributed by atoms with E-state index in [2.05, 4.69) is 15.1 Å². The Kier molecular flexibility index (Phi) is 8.22.